The van der Waals surface area contributed by atoms with E-state index in [1.807, 2.05) is 6.92 Å². The number of likely N-dealkylation sites (tertiary alicyclic amines) is 1. The zero-order valence-electron chi connectivity index (χ0n) is 11.4. The number of carboxylic acid groups (broad SMARTS) is 1. The van der Waals surface area contributed by atoms with E-state index in [0.717, 1.165) is 0 Å². The minimum absolute atomic E-state index is 0.0185. The maximum absolute atomic E-state index is 12.4. The molecule has 3 unspecified atom stereocenters. The first-order valence-electron chi connectivity index (χ1n) is 6.39. The summed E-state index contributed by atoms with van der Waals surface area (Å²) >= 11 is 1.42. The fourth-order valence-corrected chi connectivity index (χ4v) is 3.74. The molecule has 2 aliphatic heterocycles. The van der Waals surface area contributed by atoms with Gasteiger partial charge in [0, 0.05) is 18.8 Å². The molecular weight excluding hydrogens is 284 g/mol. The van der Waals surface area contributed by atoms with Gasteiger partial charge in [-0.3, -0.25) is 4.79 Å². The molecule has 2 aliphatic rings. The van der Waals surface area contributed by atoms with Crippen molar-refractivity contribution in [1.29, 1.82) is 0 Å². The number of hydrogen-bond donors (Lipinski definition) is 1. The van der Waals surface area contributed by atoms with Crippen LogP contribution in [0.3, 0.4) is 0 Å². The van der Waals surface area contributed by atoms with Crippen LogP contribution in [-0.2, 0) is 14.3 Å². The van der Waals surface area contributed by atoms with Crippen molar-refractivity contribution in [3.05, 3.63) is 0 Å². The van der Waals surface area contributed by atoms with Gasteiger partial charge in [-0.15, -0.1) is 11.8 Å². The van der Waals surface area contributed by atoms with E-state index in [1.54, 1.807) is 4.90 Å². The molecule has 0 spiro atoms. The van der Waals surface area contributed by atoms with Gasteiger partial charge in [-0.25, -0.2) is 9.59 Å². The number of rotatable bonds is 2. The average Bonchev–Trinajstić information content (AvgIpc) is 3.03. The number of urea groups is 1. The van der Waals surface area contributed by atoms with Gasteiger partial charge in [0.2, 0.25) is 0 Å². The summed E-state index contributed by atoms with van der Waals surface area (Å²) in [6.45, 7) is 2.63. The number of thioether (sulfide) groups is 1. The van der Waals surface area contributed by atoms with Crippen LogP contribution in [0.2, 0.25) is 0 Å². The number of hydrogen-bond acceptors (Lipinski definition) is 5. The second kappa shape index (κ2) is 5.90. The van der Waals surface area contributed by atoms with Gasteiger partial charge in [0.1, 0.15) is 6.04 Å². The fraction of sp³-hybridized carbons (Fsp3) is 0.750. The summed E-state index contributed by atoms with van der Waals surface area (Å²) in [5, 5.41) is 9.11. The Hall–Kier alpha value is -1.44. The Labute approximate surface area is 121 Å². The number of methoxy groups -OCH3 is 1. The highest BCUT2D eigenvalue weighted by Crippen LogP contribution is 2.28. The lowest BCUT2D eigenvalue weighted by Gasteiger charge is -2.26. The molecule has 1 N–H and O–H groups in total. The molecule has 20 heavy (non-hydrogen) atoms. The van der Waals surface area contributed by atoms with Gasteiger partial charge in [0.05, 0.1) is 18.9 Å². The quantitative estimate of drug-likeness (QED) is 0.739. The molecule has 0 aromatic rings. The normalized spacial score (nSPS) is 29.6. The Kier molecular flexibility index (Phi) is 4.42. The molecule has 2 amide bonds. The van der Waals surface area contributed by atoms with Crippen molar-refractivity contribution in [2.45, 2.75) is 13.0 Å². The maximum Gasteiger partial charge on any atom is 0.327 e. The predicted molar refractivity (Wildman–Crippen MR) is 72.2 cm³/mol. The molecule has 0 saturated carbocycles. The monoisotopic (exact) mass is 302 g/mol. The molecule has 0 aromatic heterocycles. The third-order valence-corrected chi connectivity index (χ3v) is 4.81. The van der Waals surface area contributed by atoms with E-state index in [9.17, 15) is 14.4 Å². The van der Waals surface area contributed by atoms with Crippen LogP contribution < -0.4 is 0 Å². The second-order valence-electron chi connectivity index (χ2n) is 5.12. The first-order chi connectivity index (χ1) is 9.45. The van der Waals surface area contributed by atoms with Crippen molar-refractivity contribution >= 4 is 29.7 Å². The van der Waals surface area contributed by atoms with Crippen molar-refractivity contribution in [2.75, 3.05) is 31.8 Å². The molecule has 8 heteroatoms. The average molecular weight is 302 g/mol. The number of aliphatic carboxylic acids is 1. The van der Waals surface area contributed by atoms with Gasteiger partial charge in [-0.05, 0) is 5.92 Å². The third-order valence-electron chi connectivity index (χ3n) is 3.80. The summed E-state index contributed by atoms with van der Waals surface area (Å²) in [6, 6.07) is -1.08. The number of amides is 2. The molecule has 2 fully saturated rings. The van der Waals surface area contributed by atoms with E-state index >= 15 is 0 Å². The van der Waals surface area contributed by atoms with Gasteiger partial charge in [-0.1, -0.05) is 6.92 Å². The van der Waals surface area contributed by atoms with Crippen LogP contribution in [0.25, 0.3) is 0 Å². The minimum atomic E-state index is -0.986. The Bertz CT molecular complexity index is 430. The SMILES string of the molecule is COC(=O)C1CN(C(=O)N2CSCC2C(=O)O)CC1C. The standard InChI is InChI=1S/C12H18N2O5S/c1-7-3-13(4-8(7)11(17)19-2)12(18)14-6-20-5-9(14)10(15)16/h7-9H,3-6H2,1-2H3,(H,15,16). The summed E-state index contributed by atoms with van der Waals surface area (Å²) in [5.74, 6) is -0.833. The Morgan fingerprint density at radius 1 is 1.30 bits per heavy atom. The number of carboxylic acids is 1. The van der Waals surface area contributed by atoms with E-state index in [-0.39, 0.29) is 23.8 Å². The van der Waals surface area contributed by atoms with Crippen molar-refractivity contribution in [3.8, 4) is 0 Å². The van der Waals surface area contributed by atoms with E-state index in [2.05, 4.69) is 0 Å². The maximum atomic E-state index is 12.4. The first kappa shape index (κ1) is 15.0. The molecule has 0 bridgehead atoms. The number of nitrogens with zero attached hydrogens (tertiary/aromatic N) is 2. The lowest BCUT2D eigenvalue weighted by molar-refractivity contribution is -0.146. The molecule has 2 heterocycles. The van der Waals surface area contributed by atoms with Gasteiger partial charge >= 0.3 is 18.0 Å². The number of carbonyl (C=O) groups excluding carboxylic acids is 2. The molecule has 0 radical (unpaired) electrons. The first-order valence-corrected chi connectivity index (χ1v) is 7.55. The van der Waals surface area contributed by atoms with Crippen LogP contribution in [-0.4, -0.2) is 70.7 Å². The van der Waals surface area contributed by atoms with Crippen molar-refractivity contribution < 1.29 is 24.2 Å². The van der Waals surface area contributed by atoms with Crippen LogP contribution in [0.15, 0.2) is 0 Å². The number of carbonyl (C=O) groups is 3. The topological polar surface area (TPSA) is 87.2 Å². The summed E-state index contributed by atoms with van der Waals surface area (Å²) in [5.41, 5.74) is 0. The van der Waals surface area contributed by atoms with Gasteiger partial charge < -0.3 is 19.6 Å². The van der Waals surface area contributed by atoms with Gasteiger partial charge in [0.15, 0.2) is 0 Å². The Balaban J connectivity index is 2.04. The molecule has 2 rings (SSSR count). The van der Waals surface area contributed by atoms with Crippen LogP contribution >= 0.6 is 11.8 Å². The van der Waals surface area contributed by atoms with Crippen molar-refractivity contribution in [3.63, 3.8) is 0 Å². The van der Waals surface area contributed by atoms with Crippen molar-refractivity contribution in [1.82, 2.24) is 9.80 Å². The van der Waals surface area contributed by atoms with Gasteiger partial charge in [0.25, 0.3) is 0 Å². The third kappa shape index (κ3) is 2.70. The lowest BCUT2D eigenvalue weighted by atomic mass is 9.99. The summed E-state index contributed by atoms with van der Waals surface area (Å²) < 4.78 is 4.73. The zero-order chi connectivity index (χ0) is 14.9. The molecule has 3 atom stereocenters. The van der Waals surface area contributed by atoms with E-state index in [4.69, 9.17) is 9.84 Å². The Morgan fingerprint density at radius 3 is 2.60 bits per heavy atom. The molecule has 112 valence electrons. The lowest BCUT2D eigenvalue weighted by Crippen LogP contribution is -2.48. The summed E-state index contributed by atoms with van der Waals surface area (Å²) in [7, 11) is 1.33. The fourth-order valence-electron chi connectivity index (χ4n) is 2.60. The van der Waals surface area contributed by atoms with Gasteiger partial charge in [-0.2, -0.15) is 0 Å². The van der Waals surface area contributed by atoms with Crippen LogP contribution in [0.5, 0.6) is 0 Å². The summed E-state index contributed by atoms with van der Waals surface area (Å²) in [6.07, 6.45) is 0. The van der Waals surface area contributed by atoms with E-state index in [1.165, 1.54) is 23.8 Å². The Morgan fingerprint density at radius 2 is 2.00 bits per heavy atom. The summed E-state index contributed by atoms with van der Waals surface area (Å²) in [4.78, 5) is 38.0. The molecule has 2 saturated heterocycles. The zero-order valence-corrected chi connectivity index (χ0v) is 12.3. The number of ether oxygens (including phenoxy) is 1. The highest BCUT2D eigenvalue weighted by Gasteiger charge is 2.42. The molecule has 7 nitrogen and oxygen atoms in total. The highest BCUT2D eigenvalue weighted by atomic mass is 32.2. The molecular formula is C12H18N2O5S. The predicted octanol–water partition coefficient (Wildman–Crippen LogP) is 0.307. The minimum Gasteiger partial charge on any atom is -0.480 e. The number of esters is 1. The highest BCUT2D eigenvalue weighted by molar-refractivity contribution is 7.99. The van der Waals surface area contributed by atoms with E-state index < -0.39 is 12.0 Å². The molecule has 0 aromatic carbocycles. The van der Waals surface area contributed by atoms with Crippen LogP contribution in [0.1, 0.15) is 6.92 Å². The van der Waals surface area contributed by atoms with E-state index in [0.29, 0.717) is 24.7 Å². The molecule has 0 aliphatic carbocycles. The van der Waals surface area contributed by atoms with Crippen molar-refractivity contribution in [2.24, 2.45) is 11.8 Å². The van der Waals surface area contributed by atoms with Crippen LogP contribution in [0.4, 0.5) is 4.79 Å². The largest absolute Gasteiger partial charge is 0.480 e. The smallest absolute Gasteiger partial charge is 0.327 e. The van der Waals surface area contributed by atoms with Crippen LogP contribution in [0, 0.1) is 11.8 Å². The second-order valence-corrected chi connectivity index (χ2v) is 6.12.